The van der Waals surface area contributed by atoms with Gasteiger partial charge in [-0.1, -0.05) is 0 Å². The number of piperazine rings is 1. The molecule has 0 atom stereocenters. The zero-order valence-corrected chi connectivity index (χ0v) is 13.8. The number of esters is 1. The summed E-state index contributed by atoms with van der Waals surface area (Å²) in [5.74, 6) is 0.168. The van der Waals surface area contributed by atoms with Crippen molar-refractivity contribution in [1.82, 2.24) is 4.90 Å². The lowest BCUT2D eigenvalue weighted by Gasteiger charge is -2.37. The minimum absolute atomic E-state index is 0.371. The van der Waals surface area contributed by atoms with E-state index in [-0.39, 0.29) is 0 Å². The molecule has 0 amide bonds. The smallest absolute Gasteiger partial charge is 0.350 e. The summed E-state index contributed by atoms with van der Waals surface area (Å²) in [5.41, 5.74) is 6.39. The van der Waals surface area contributed by atoms with Gasteiger partial charge in [-0.3, -0.25) is 4.90 Å². The molecule has 2 N–H and O–H groups in total. The number of carbonyl (C=O) groups excluding carboxylic acids is 1. The van der Waals surface area contributed by atoms with Crippen molar-refractivity contribution in [2.24, 2.45) is 0 Å². The van der Waals surface area contributed by atoms with Crippen molar-refractivity contribution in [3.63, 3.8) is 0 Å². The van der Waals surface area contributed by atoms with Gasteiger partial charge in [0.2, 0.25) is 0 Å². The Kier molecular flexibility index (Phi) is 4.95. The molecule has 1 aliphatic rings. The third-order valence-corrected chi connectivity index (χ3v) is 5.02. The van der Waals surface area contributed by atoms with E-state index < -0.39 is 5.97 Å². The highest BCUT2D eigenvalue weighted by molar-refractivity contribution is 7.19. The molecule has 1 aromatic heterocycles. The molecule has 1 aliphatic heterocycles. The van der Waals surface area contributed by atoms with Crippen LogP contribution in [0.15, 0.2) is 0 Å². The number of nitrogen functional groups attached to an aromatic ring is 1. The van der Waals surface area contributed by atoms with Gasteiger partial charge in [0.05, 0.1) is 14.2 Å². The minimum Gasteiger partial charge on any atom is -0.492 e. The molecule has 21 heavy (non-hydrogen) atoms. The average molecular weight is 313 g/mol. The van der Waals surface area contributed by atoms with E-state index in [4.69, 9.17) is 15.2 Å². The van der Waals surface area contributed by atoms with E-state index in [1.54, 1.807) is 7.11 Å². The highest BCUT2D eigenvalue weighted by Gasteiger charge is 2.28. The van der Waals surface area contributed by atoms with E-state index in [2.05, 4.69) is 23.6 Å². The summed E-state index contributed by atoms with van der Waals surface area (Å²) in [5, 5.41) is 0.916. The van der Waals surface area contributed by atoms with Gasteiger partial charge in [0.15, 0.2) is 5.75 Å². The van der Waals surface area contributed by atoms with Crippen molar-refractivity contribution >= 4 is 28.0 Å². The van der Waals surface area contributed by atoms with E-state index in [0.717, 1.165) is 31.2 Å². The van der Waals surface area contributed by atoms with Gasteiger partial charge >= 0.3 is 5.97 Å². The number of hydrogen-bond donors (Lipinski definition) is 1. The Hall–Kier alpha value is -1.47. The number of methoxy groups -OCH3 is 2. The lowest BCUT2D eigenvalue weighted by molar-refractivity contribution is 0.0607. The first-order chi connectivity index (χ1) is 9.99. The van der Waals surface area contributed by atoms with Gasteiger partial charge in [-0.2, -0.15) is 0 Å². The third kappa shape index (κ3) is 3.08. The second-order valence-corrected chi connectivity index (χ2v) is 6.29. The molecular formula is C14H23N3O3S. The van der Waals surface area contributed by atoms with Crippen LogP contribution in [0, 0.1) is 0 Å². The summed E-state index contributed by atoms with van der Waals surface area (Å²) in [6.45, 7) is 8.19. The Labute approximate surface area is 129 Å². The molecular weight excluding hydrogens is 290 g/mol. The highest BCUT2D eigenvalue weighted by atomic mass is 32.1. The molecule has 1 aromatic rings. The van der Waals surface area contributed by atoms with Gasteiger partial charge in [-0.05, 0) is 13.8 Å². The van der Waals surface area contributed by atoms with E-state index in [9.17, 15) is 4.79 Å². The van der Waals surface area contributed by atoms with Crippen LogP contribution in [-0.4, -0.2) is 57.3 Å². The Balaban J connectivity index is 2.22. The van der Waals surface area contributed by atoms with Crippen molar-refractivity contribution in [3.05, 3.63) is 4.88 Å². The quantitative estimate of drug-likeness (QED) is 0.853. The number of carbonyl (C=O) groups is 1. The largest absolute Gasteiger partial charge is 0.492 e. The second-order valence-electron chi connectivity index (χ2n) is 5.29. The van der Waals surface area contributed by atoms with Crippen LogP contribution in [0.4, 0.5) is 10.7 Å². The van der Waals surface area contributed by atoms with Crippen molar-refractivity contribution < 1.29 is 14.3 Å². The summed E-state index contributed by atoms with van der Waals surface area (Å²) < 4.78 is 10.2. The molecule has 0 bridgehead atoms. The number of hydrogen-bond acceptors (Lipinski definition) is 7. The standard InChI is InChI=1S/C14H23N3O3S/c1-9(2)16-5-7-17(8-6-16)13-11(19-3)10(15)12(21-13)14(18)20-4/h9H,5-8,15H2,1-4H3. The second kappa shape index (κ2) is 6.53. The molecule has 7 heteroatoms. The average Bonchev–Trinajstić information content (AvgIpc) is 2.83. The summed E-state index contributed by atoms with van der Waals surface area (Å²) in [7, 11) is 2.93. The van der Waals surface area contributed by atoms with Crippen LogP contribution in [0.3, 0.4) is 0 Å². The Morgan fingerprint density at radius 1 is 1.24 bits per heavy atom. The lowest BCUT2D eigenvalue weighted by atomic mass is 10.2. The monoisotopic (exact) mass is 313 g/mol. The molecule has 1 fully saturated rings. The number of ether oxygens (including phenoxy) is 2. The summed E-state index contributed by atoms with van der Waals surface area (Å²) in [6, 6.07) is 0.549. The number of rotatable bonds is 4. The van der Waals surface area contributed by atoms with Crippen molar-refractivity contribution in [2.45, 2.75) is 19.9 Å². The predicted octanol–water partition coefficient (Wildman–Crippen LogP) is 1.66. The molecule has 1 saturated heterocycles. The van der Waals surface area contributed by atoms with Gasteiger partial charge in [0.1, 0.15) is 15.6 Å². The van der Waals surface area contributed by atoms with Crippen LogP contribution in [0.5, 0.6) is 5.75 Å². The fourth-order valence-corrected chi connectivity index (χ4v) is 3.67. The van der Waals surface area contributed by atoms with Crippen molar-refractivity contribution in [1.29, 1.82) is 0 Å². The topological polar surface area (TPSA) is 68.0 Å². The Morgan fingerprint density at radius 3 is 2.33 bits per heavy atom. The molecule has 0 saturated carbocycles. The van der Waals surface area contributed by atoms with Crippen LogP contribution >= 0.6 is 11.3 Å². The van der Waals surface area contributed by atoms with Gasteiger partial charge < -0.3 is 20.1 Å². The molecule has 6 nitrogen and oxygen atoms in total. The van der Waals surface area contributed by atoms with E-state index in [1.807, 2.05) is 0 Å². The van der Waals surface area contributed by atoms with E-state index in [1.165, 1.54) is 18.4 Å². The molecule has 0 aromatic carbocycles. The number of nitrogens with zero attached hydrogens (tertiary/aromatic N) is 2. The van der Waals surface area contributed by atoms with E-state index >= 15 is 0 Å². The summed E-state index contributed by atoms with van der Waals surface area (Å²) in [4.78, 5) is 16.8. The van der Waals surface area contributed by atoms with E-state index in [0.29, 0.717) is 22.4 Å². The predicted molar refractivity (Wildman–Crippen MR) is 85.5 cm³/mol. The Bertz CT molecular complexity index is 508. The van der Waals surface area contributed by atoms with Crippen LogP contribution < -0.4 is 15.4 Å². The molecule has 2 heterocycles. The SMILES string of the molecule is COC(=O)c1sc(N2CCN(C(C)C)CC2)c(OC)c1N. The minimum atomic E-state index is -0.414. The van der Waals surface area contributed by atoms with Gasteiger partial charge in [-0.15, -0.1) is 11.3 Å². The lowest BCUT2D eigenvalue weighted by Crippen LogP contribution is -2.48. The van der Waals surface area contributed by atoms with Crippen LogP contribution in [0.25, 0.3) is 0 Å². The maximum Gasteiger partial charge on any atom is 0.350 e. The molecule has 2 rings (SSSR count). The first-order valence-electron chi connectivity index (χ1n) is 7.03. The van der Waals surface area contributed by atoms with Gasteiger partial charge in [0, 0.05) is 32.2 Å². The normalized spacial score (nSPS) is 16.3. The summed E-state index contributed by atoms with van der Waals surface area (Å²) in [6.07, 6.45) is 0. The van der Waals surface area contributed by atoms with Gasteiger partial charge in [0.25, 0.3) is 0 Å². The summed E-state index contributed by atoms with van der Waals surface area (Å²) >= 11 is 1.34. The zero-order chi connectivity index (χ0) is 15.6. The Morgan fingerprint density at radius 2 is 1.86 bits per heavy atom. The van der Waals surface area contributed by atoms with Crippen molar-refractivity contribution in [3.8, 4) is 5.75 Å². The third-order valence-electron chi connectivity index (χ3n) is 3.79. The molecule has 0 spiro atoms. The first-order valence-corrected chi connectivity index (χ1v) is 7.84. The van der Waals surface area contributed by atoms with Gasteiger partial charge in [-0.25, -0.2) is 4.79 Å². The molecule has 0 aliphatic carbocycles. The fraction of sp³-hybridized carbons (Fsp3) is 0.643. The fourth-order valence-electron chi connectivity index (χ4n) is 2.51. The highest BCUT2D eigenvalue weighted by Crippen LogP contribution is 2.45. The number of nitrogens with two attached hydrogens (primary N) is 1. The number of anilines is 2. The van der Waals surface area contributed by atoms with Crippen LogP contribution in [0.2, 0.25) is 0 Å². The van der Waals surface area contributed by atoms with Crippen LogP contribution in [-0.2, 0) is 4.74 Å². The number of thiophene rings is 1. The maximum atomic E-state index is 11.8. The first kappa shape index (κ1) is 15.9. The molecule has 118 valence electrons. The maximum absolute atomic E-state index is 11.8. The van der Waals surface area contributed by atoms with Crippen LogP contribution in [0.1, 0.15) is 23.5 Å². The molecule has 0 radical (unpaired) electrons. The zero-order valence-electron chi connectivity index (χ0n) is 13.0. The molecule has 0 unspecified atom stereocenters. The van der Waals surface area contributed by atoms with Crippen molar-refractivity contribution in [2.75, 3.05) is 51.0 Å².